The van der Waals surface area contributed by atoms with Crippen molar-refractivity contribution < 1.29 is 14.3 Å². The normalized spacial score (nSPS) is 39.8. The maximum Gasteiger partial charge on any atom is 0.335 e. The average molecular weight is 425 g/mol. The van der Waals surface area contributed by atoms with Crippen molar-refractivity contribution in [2.45, 2.75) is 80.1 Å². The summed E-state index contributed by atoms with van der Waals surface area (Å²) >= 11 is 0. The van der Waals surface area contributed by atoms with Gasteiger partial charge in [0.15, 0.2) is 5.78 Å². The highest BCUT2D eigenvalue weighted by Gasteiger charge is 2.57. The van der Waals surface area contributed by atoms with Gasteiger partial charge in [-0.15, -0.1) is 0 Å². The Morgan fingerprint density at radius 3 is 2.42 bits per heavy atom. The largest absolute Gasteiger partial charge is 0.427 e. The molecule has 31 heavy (non-hydrogen) atoms. The van der Waals surface area contributed by atoms with Crippen LogP contribution in [0.2, 0.25) is 0 Å². The van der Waals surface area contributed by atoms with E-state index in [-0.39, 0.29) is 22.6 Å². The summed E-state index contributed by atoms with van der Waals surface area (Å²) in [6.07, 6.45) is 14.3. The highest BCUT2D eigenvalue weighted by molar-refractivity contribution is 5.93. The zero-order valence-electron chi connectivity index (χ0n) is 20.2. The number of ether oxygens (including phenoxy) is 1. The lowest BCUT2D eigenvalue weighted by Crippen LogP contribution is -2.44. The van der Waals surface area contributed by atoms with Crippen LogP contribution in [-0.2, 0) is 14.3 Å². The molecule has 0 unspecified atom stereocenters. The minimum atomic E-state index is -0.281. The number of hydrogen-bond acceptors (Lipinski definition) is 3. The Balaban J connectivity index is 1.63. The van der Waals surface area contributed by atoms with E-state index in [1.54, 1.807) is 6.08 Å². The van der Waals surface area contributed by atoms with Gasteiger partial charge in [-0.2, -0.15) is 0 Å². The second-order valence-corrected chi connectivity index (χ2v) is 11.6. The molecule has 1 heterocycles. The quantitative estimate of drug-likeness (QED) is 0.375. The van der Waals surface area contributed by atoms with Gasteiger partial charge in [-0.3, -0.25) is 4.79 Å². The van der Waals surface area contributed by atoms with Gasteiger partial charge in [0.1, 0.15) is 5.76 Å². The number of ketones is 1. The molecule has 4 aliphatic rings. The number of carbonyl (C=O) groups is 2. The second-order valence-electron chi connectivity index (χ2n) is 11.6. The first-order chi connectivity index (χ1) is 14.6. The number of rotatable bonds is 4. The summed E-state index contributed by atoms with van der Waals surface area (Å²) in [5.41, 5.74) is 1.31. The van der Waals surface area contributed by atoms with Crippen molar-refractivity contribution in [1.82, 2.24) is 0 Å². The van der Waals surface area contributed by atoms with Crippen molar-refractivity contribution in [3.05, 3.63) is 35.6 Å². The van der Waals surface area contributed by atoms with Crippen molar-refractivity contribution in [2.24, 2.45) is 46.3 Å². The minimum absolute atomic E-state index is 0.0848. The predicted octanol–water partition coefficient (Wildman–Crippen LogP) is 6.65. The van der Waals surface area contributed by atoms with E-state index in [4.69, 9.17) is 4.74 Å². The summed E-state index contributed by atoms with van der Waals surface area (Å²) in [6, 6.07) is 0. The Kier molecular flexibility index (Phi) is 5.85. The van der Waals surface area contributed by atoms with E-state index in [0.29, 0.717) is 47.7 Å². The van der Waals surface area contributed by atoms with E-state index >= 15 is 0 Å². The van der Waals surface area contributed by atoms with Crippen LogP contribution in [0.5, 0.6) is 0 Å². The highest BCUT2D eigenvalue weighted by Crippen LogP contribution is 2.65. The number of allylic oxidation sites excluding steroid dienone is 5. The van der Waals surface area contributed by atoms with E-state index in [9.17, 15) is 9.59 Å². The van der Waals surface area contributed by atoms with Crippen LogP contribution >= 0.6 is 0 Å². The topological polar surface area (TPSA) is 43.4 Å². The SMILES string of the molecule is CC(C)[C@@H](C)C=C[C@@H](C)[C@H]1CC[C@H]2C3=CC(=O)OC4=CC(=O)CC[C@]4(C)[C@H]3CC[C@]12C. The van der Waals surface area contributed by atoms with Gasteiger partial charge in [0.25, 0.3) is 0 Å². The Bertz CT molecular complexity index is 846. The summed E-state index contributed by atoms with van der Waals surface area (Å²) in [4.78, 5) is 24.8. The van der Waals surface area contributed by atoms with Crippen molar-refractivity contribution >= 4 is 11.8 Å². The van der Waals surface area contributed by atoms with Gasteiger partial charge < -0.3 is 4.74 Å². The molecule has 3 nitrogen and oxygen atoms in total. The summed E-state index contributed by atoms with van der Waals surface area (Å²) < 4.78 is 5.74. The molecule has 0 aromatic rings. The van der Waals surface area contributed by atoms with Gasteiger partial charge in [0.05, 0.1) is 0 Å². The molecule has 2 saturated carbocycles. The first-order valence-corrected chi connectivity index (χ1v) is 12.4. The van der Waals surface area contributed by atoms with Crippen LogP contribution in [0.15, 0.2) is 35.6 Å². The molecule has 0 amide bonds. The first kappa shape index (κ1) is 22.6. The number of carbonyl (C=O) groups excluding carboxylic acids is 2. The molecule has 4 rings (SSSR count). The van der Waals surface area contributed by atoms with Gasteiger partial charge in [0, 0.05) is 24.0 Å². The van der Waals surface area contributed by atoms with E-state index in [1.165, 1.54) is 18.4 Å². The molecule has 0 N–H and O–H groups in total. The Morgan fingerprint density at radius 1 is 0.968 bits per heavy atom. The third kappa shape index (κ3) is 3.76. The lowest BCUT2D eigenvalue weighted by molar-refractivity contribution is -0.136. The van der Waals surface area contributed by atoms with Gasteiger partial charge in [-0.25, -0.2) is 4.79 Å². The zero-order valence-corrected chi connectivity index (χ0v) is 20.2. The number of esters is 1. The minimum Gasteiger partial charge on any atom is -0.427 e. The highest BCUT2D eigenvalue weighted by atomic mass is 16.5. The van der Waals surface area contributed by atoms with Gasteiger partial charge in [-0.1, -0.05) is 59.3 Å². The fraction of sp³-hybridized carbons (Fsp3) is 0.714. The Hall–Kier alpha value is -1.64. The summed E-state index contributed by atoms with van der Waals surface area (Å²) in [5, 5.41) is 0. The van der Waals surface area contributed by atoms with Crippen molar-refractivity contribution in [1.29, 1.82) is 0 Å². The fourth-order valence-corrected chi connectivity index (χ4v) is 7.15. The maximum absolute atomic E-state index is 12.7. The summed E-state index contributed by atoms with van der Waals surface area (Å²) in [5.74, 6) is 3.62. The third-order valence-corrected chi connectivity index (χ3v) is 9.60. The van der Waals surface area contributed by atoms with Gasteiger partial charge in [0.2, 0.25) is 0 Å². The molecular weight excluding hydrogens is 384 g/mol. The molecule has 7 atom stereocenters. The maximum atomic E-state index is 12.7. The molecule has 3 heteroatoms. The molecular formula is C28H40O3. The molecule has 170 valence electrons. The molecule has 0 aromatic heterocycles. The van der Waals surface area contributed by atoms with Crippen LogP contribution in [-0.4, -0.2) is 11.8 Å². The van der Waals surface area contributed by atoms with E-state index in [2.05, 4.69) is 53.7 Å². The van der Waals surface area contributed by atoms with E-state index in [0.717, 1.165) is 19.3 Å². The standard InChI is InChI=1S/C28H40O3/c1-17(2)18(3)7-8-19(4)22-9-10-23-21-16-26(30)31-25-15-20(29)11-13-28(25,6)24(21)12-14-27(22,23)5/h7-8,15-19,22-24H,9-14H2,1-6H3/t18-,19+,22+,23-,24-,27+,28+/m0/s1. The number of fused-ring (bicyclic) bond motifs is 5. The Labute approximate surface area is 188 Å². The van der Waals surface area contributed by atoms with Crippen LogP contribution in [0, 0.1) is 46.3 Å². The Morgan fingerprint density at radius 2 is 1.71 bits per heavy atom. The van der Waals surface area contributed by atoms with Gasteiger partial charge >= 0.3 is 5.97 Å². The van der Waals surface area contributed by atoms with E-state index < -0.39 is 0 Å². The molecule has 0 saturated heterocycles. The van der Waals surface area contributed by atoms with Crippen molar-refractivity contribution in [3.63, 3.8) is 0 Å². The molecule has 0 aromatic carbocycles. The number of hydrogen-bond donors (Lipinski definition) is 0. The third-order valence-electron chi connectivity index (χ3n) is 9.60. The molecule has 1 aliphatic heterocycles. The predicted molar refractivity (Wildman–Crippen MR) is 124 cm³/mol. The monoisotopic (exact) mass is 424 g/mol. The van der Waals surface area contributed by atoms with Crippen LogP contribution in [0.3, 0.4) is 0 Å². The summed E-state index contributed by atoms with van der Waals surface area (Å²) in [7, 11) is 0. The molecule has 2 fully saturated rings. The zero-order chi connectivity index (χ0) is 22.6. The molecule has 0 radical (unpaired) electrons. The van der Waals surface area contributed by atoms with Gasteiger partial charge in [-0.05, 0) is 73.0 Å². The first-order valence-electron chi connectivity index (χ1n) is 12.4. The van der Waals surface area contributed by atoms with Crippen LogP contribution in [0.1, 0.15) is 80.1 Å². The van der Waals surface area contributed by atoms with Crippen molar-refractivity contribution in [2.75, 3.05) is 0 Å². The summed E-state index contributed by atoms with van der Waals surface area (Å²) in [6.45, 7) is 14.0. The lowest BCUT2D eigenvalue weighted by atomic mass is 9.53. The van der Waals surface area contributed by atoms with E-state index in [1.807, 2.05) is 6.08 Å². The second kappa shape index (κ2) is 8.05. The lowest BCUT2D eigenvalue weighted by Gasteiger charge is -2.51. The van der Waals surface area contributed by atoms with Crippen LogP contribution in [0.4, 0.5) is 0 Å². The molecule has 0 spiro atoms. The molecule has 0 bridgehead atoms. The average Bonchev–Trinajstić information content (AvgIpc) is 3.01. The van der Waals surface area contributed by atoms with Crippen LogP contribution < -0.4 is 0 Å². The smallest absolute Gasteiger partial charge is 0.335 e. The fourth-order valence-electron chi connectivity index (χ4n) is 7.15. The van der Waals surface area contributed by atoms with Crippen molar-refractivity contribution in [3.8, 4) is 0 Å². The van der Waals surface area contributed by atoms with Crippen LogP contribution in [0.25, 0.3) is 0 Å². The molecule has 3 aliphatic carbocycles.